The van der Waals surface area contributed by atoms with Crippen LogP contribution in [0.3, 0.4) is 0 Å². The fraction of sp³-hybridized carbons (Fsp3) is 0.643. The molecule has 0 aliphatic heterocycles. The van der Waals surface area contributed by atoms with Gasteiger partial charge in [-0.3, -0.25) is 0 Å². The average Bonchev–Trinajstić information content (AvgIpc) is 3.27. The molecule has 0 unspecified atom stereocenters. The van der Waals surface area contributed by atoms with Gasteiger partial charge in [0.2, 0.25) is 0 Å². The van der Waals surface area contributed by atoms with E-state index < -0.39 is 20.2 Å². The largest absolute Gasteiger partial charge is 2.00 e. The predicted molar refractivity (Wildman–Crippen MR) is 276 cm³/mol. The van der Waals surface area contributed by atoms with Gasteiger partial charge in [0, 0.05) is 10.8 Å². The van der Waals surface area contributed by atoms with Gasteiger partial charge in [0.05, 0.1) is 9.79 Å². The summed E-state index contributed by atoms with van der Waals surface area (Å²) in [6.45, 7) is 8.94. The summed E-state index contributed by atoms with van der Waals surface area (Å²) in [7, 11) is -9.00. The molecule has 6 nitrogen and oxygen atoms in total. The third kappa shape index (κ3) is 22.4. The maximum absolute atomic E-state index is 12.0. The number of hydrogen-bond donors (Lipinski definition) is 0. The van der Waals surface area contributed by atoms with E-state index in [0.717, 1.165) is 86.1 Å². The molecule has 0 saturated heterocycles. The van der Waals surface area contributed by atoms with Crippen LogP contribution in [0.1, 0.15) is 230 Å². The smallest absolute Gasteiger partial charge is 0.744 e. The molecule has 0 spiro atoms. The second-order valence-corrected chi connectivity index (χ2v) is 21.2. The maximum Gasteiger partial charge on any atom is 2.00 e. The summed E-state index contributed by atoms with van der Waals surface area (Å²) in [5.41, 5.74) is 4.65. The van der Waals surface area contributed by atoms with Crippen LogP contribution in [0.25, 0.3) is 21.5 Å². The number of rotatable bonds is 34. The van der Waals surface area contributed by atoms with Crippen LogP contribution >= 0.6 is 0 Å². The molecule has 0 aromatic heterocycles. The molecular weight excluding hydrogens is 1040 g/mol. The molecule has 4 rings (SSSR count). The second-order valence-electron chi connectivity index (χ2n) is 18.5. The average molecular weight is 1130 g/mol. The minimum atomic E-state index is -4.50. The van der Waals surface area contributed by atoms with Crippen LogP contribution in [0, 0.1) is 0 Å². The summed E-state index contributed by atoms with van der Waals surface area (Å²) in [5.74, 6) is 0. The molecule has 9 heteroatoms. The van der Waals surface area contributed by atoms with Gasteiger partial charge in [-0.2, -0.15) is 0 Å². The molecule has 2 radical (unpaired) electrons. The first-order valence-electron chi connectivity index (χ1n) is 26.0. The van der Waals surface area contributed by atoms with Crippen molar-refractivity contribution in [1.29, 1.82) is 0 Å². The molecule has 362 valence electrons. The standard InChI is InChI=1S/2C28H44O3S.Pb/c2*1-3-5-7-9-11-13-15-18-24-22-23-25-19-17-21-27(32(29,30)31)28(25)26(24)20-16-14-12-10-8-6-4-2;/h2*17,19,21-23H,3-16,18,20H2,1-2H3,(H,29,30,31);/q;;+2/p-2. The van der Waals surface area contributed by atoms with Crippen LogP contribution in [0.2, 0.25) is 0 Å². The number of unbranched alkanes of at least 4 members (excludes halogenated alkanes) is 24. The van der Waals surface area contributed by atoms with Gasteiger partial charge in [-0.05, 0) is 96.5 Å². The predicted octanol–water partition coefficient (Wildman–Crippen LogP) is 16.3. The van der Waals surface area contributed by atoms with Crippen LogP contribution < -0.4 is 0 Å². The van der Waals surface area contributed by atoms with Crippen LogP contribution in [0.15, 0.2) is 70.5 Å². The van der Waals surface area contributed by atoms with Gasteiger partial charge >= 0.3 is 27.3 Å². The van der Waals surface area contributed by atoms with Crippen molar-refractivity contribution in [3.05, 3.63) is 82.9 Å². The zero-order valence-electron chi connectivity index (χ0n) is 41.2. The first kappa shape index (κ1) is 59.3. The number of fused-ring (bicyclic) bond motifs is 2. The van der Waals surface area contributed by atoms with Crippen LogP contribution in [0.5, 0.6) is 0 Å². The van der Waals surface area contributed by atoms with Crippen molar-refractivity contribution in [2.75, 3.05) is 0 Å². The zero-order chi connectivity index (χ0) is 46.5. The van der Waals surface area contributed by atoms with Gasteiger partial charge in [-0.1, -0.05) is 230 Å². The van der Waals surface area contributed by atoms with Crippen molar-refractivity contribution in [1.82, 2.24) is 0 Å². The molecule has 0 fully saturated rings. The molecule has 0 aliphatic carbocycles. The van der Waals surface area contributed by atoms with Crippen LogP contribution in [-0.4, -0.2) is 53.2 Å². The Morgan fingerprint density at radius 2 is 0.600 bits per heavy atom. The first-order chi connectivity index (χ1) is 31.0. The van der Waals surface area contributed by atoms with Crippen molar-refractivity contribution in [3.63, 3.8) is 0 Å². The van der Waals surface area contributed by atoms with Gasteiger partial charge in [-0.15, -0.1) is 0 Å². The summed E-state index contributed by atoms with van der Waals surface area (Å²) in [5, 5.41) is 3.08. The Hall–Kier alpha value is -1.86. The number of hydrogen-bond acceptors (Lipinski definition) is 6. The number of aryl methyl sites for hydroxylation is 4. The van der Waals surface area contributed by atoms with Gasteiger partial charge in [0.1, 0.15) is 20.2 Å². The van der Waals surface area contributed by atoms with Crippen LogP contribution in [-0.2, 0) is 45.9 Å². The molecule has 0 atom stereocenters. The van der Waals surface area contributed by atoms with E-state index in [9.17, 15) is 25.9 Å². The number of benzene rings is 4. The zero-order valence-corrected chi connectivity index (χ0v) is 46.7. The molecule has 4 aromatic carbocycles. The summed E-state index contributed by atoms with van der Waals surface area (Å²) < 4.78 is 72.1. The quantitative estimate of drug-likeness (QED) is 0.0261. The normalized spacial score (nSPS) is 11.8. The molecule has 65 heavy (non-hydrogen) atoms. The Morgan fingerprint density at radius 3 is 0.877 bits per heavy atom. The van der Waals surface area contributed by atoms with E-state index in [1.54, 1.807) is 12.1 Å². The Bertz CT molecular complexity index is 1960. The van der Waals surface area contributed by atoms with Gasteiger partial charge in [-0.25, -0.2) is 16.8 Å². The third-order valence-corrected chi connectivity index (χ3v) is 14.9. The van der Waals surface area contributed by atoms with E-state index >= 15 is 0 Å². The molecule has 0 saturated carbocycles. The van der Waals surface area contributed by atoms with E-state index in [4.69, 9.17) is 0 Å². The van der Waals surface area contributed by atoms with Crippen molar-refractivity contribution in [2.24, 2.45) is 0 Å². The molecule has 4 aromatic rings. The van der Waals surface area contributed by atoms with E-state index in [-0.39, 0.29) is 37.1 Å². The SMILES string of the molecule is CCCCCCCCCc1ccc2cccc(S(=O)(=O)[O-])c2c1CCCCCCCCC.CCCCCCCCCc1ccc2cccc(S(=O)(=O)[O-])c2c1CCCCCCCCC.[Pb+2]. The van der Waals surface area contributed by atoms with Crippen molar-refractivity contribution in [3.8, 4) is 0 Å². The Labute approximate surface area is 418 Å². The van der Waals surface area contributed by atoms with E-state index in [2.05, 4.69) is 39.8 Å². The monoisotopic (exact) mass is 1130 g/mol. The van der Waals surface area contributed by atoms with E-state index in [0.29, 0.717) is 10.8 Å². The summed E-state index contributed by atoms with van der Waals surface area (Å²) in [4.78, 5) is -0.0938. The minimum Gasteiger partial charge on any atom is -0.744 e. The fourth-order valence-electron chi connectivity index (χ4n) is 9.44. The Kier molecular flexibility index (Phi) is 31.4. The summed E-state index contributed by atoms with van der Waals surface area (Å²) in [6.07, 6.45) is 38.3. The van der Waals surface area contributed by atoms with Crippen molar-refractivity contribution < 1.29 is 25.9 Å². The van der Waals surface area contributed by atoms with E-state index in [1.807, 2.05) is 24.3 Å². The minimum absolute atomic E-state index is 0. The van der Waals surface area contributed by atoms with Crippen molar-refractivity contribution >= 4 is 69.1 Å². The molecule has 0 bridgehead atoms. The van der Waals surface area contributed by atoms with Gasteiger partial charge < -0.3 is 9.11 Å². The summed E-state index contributed by atoms with van der Waals surface area (Å²) in [6, 6.07) is 18.5. The Morgan fingerprint density at radius 1 is 0.338 bits per heavy atom. The first-order valence-corrected chi connectivity index (χ1v) is 28.8. The third-order valence-electron chi connectivity index (χ3n) is 13.1. The van der Waals surface area contributed by atoms with Gasteiger partial charge in [0.25, 0.3) is 0 Å². The van der Waals surface area contributed by atoms with Gasteiger partial charge in [0.15, 0.2) is 0 Å². The molecule has 0 aliphatic rings. The topological polar surface area (TPSA) is 114 Å². The molecule has 0 N–H and O–H groups in total. The van der Waals surface area contributed by atoms with Crippen molar-refractivity contribution in [2.45, 2.75) is 243 Å². The fourth-order valence-corrected chi connectivity index (χ4v) is 10.9. The van der Waals surface area contributed by atoms with Crippen LogP contribution in [0.4, 0.5) is 0 Å². The summed E-state index contributed by atoms with van der Waals surface area (Å²) >= 11 is 0. The maximum atomic E-state index is 12.0. The second kappa shape index (κ2) is 34.4. The molecule has 0 amide bonds. The van der Waals surface area contributed by atoms with E-state index in [1.165, 1.54) is 165 Å². The Balaban J connectivity index is 0.000000440. The molecule has 0 heterocycles. The molecular formula is C56H86O6PbS2.